The molecule has 19 heavy (non-hydrogen) atoms. The van der Waals surface area contributed by atoms with Crippen LogP contribution in [-0.4, -0.2) is 9.55 Å². The molecule has 0 saturated heterocycles. The third kappa shape index (κ3) is 1.85. The largest absolute Gasteiger partial charge is 0.466 e. The smallest absolute Gasteiger partial charge is 0.144 e. The molecular formula is C15H17N3O. The van der Waals surface area contributed by atoms with E-state index in [1.54, 1.807) is 0 Å². The van der Waals surface area contributed by atoms with Crippen molar-refractivity contribution in [2.45, 2.75) is 20.4 Å². The lowest BCUT2D eigenvalue weighted by molar-refractivity contribution is 0.505. The van der Waals surface area contributed by atoms with Gasteiger partial charge < -0.3 is 14.7 Å². The van der Waals surface area contributed by atoms with Crippen molar-refractivity contribution in [3.05, 3.63) is 41.3 Å². The van der Waals surface area contributed by atoms with Gasteiger partial charge in [0, 0.05) is 13.6 Å². The Bertz CT molecular complexity index is 752. The van der Waals surface area contributed by atoms with E-state index in [0.29, 0.717) is 6.54 Å². The second-order valence-corrected chi connectivity index (χ2v) is 4.85. The average molecular weight is 255 g/mol. The van der Waals surface area contributed by atoms with Crippen LogP contribution >= 0.6 is 0 Å². The summed E-state index contributed by atoms with van der Waals surface area (Å²) in [6.45, 7) is 4.46. The first-order chi connectivity index (χ1) is 9.10. The Balaban J connectivity index is 2.25. The molecule has 0 aliphatic rings. The number of rotatable bonds is 2. The van der Waals surface area contributed by atoms with Gasteiger partial charge in [0.25, 0.3) is 0 Å². The van der Waals surface area contributed by atoms with E-state index >= 15 is 0 Å². The van der Waals surface area contributed by atoms with Crippen molar-refractivity contribution in [1.29, 1.82) is 0 Å². The van der Waals surface area contributed by atoms with Gasteiger partial charge in [0.15, 0.2) is 0 Å². The molecule has 4 heteroatoms. The molecule has 0 spiro atoms. The zero-order chi connectivity index (χ0) is 13.6. The topological polar surface area (TPSA) is 57.0 Å². The molecule has 2 N–H and O–H groups in total. The fourth-order valence-corrected chi connectivity index (χ4v) is 2.46. The molecule has 4 nitrogen and oxygen atoms in total. The minimum Gasteiger partial charge on any atom is -0.466 e. The zero-order valence-corrected chi connectivity index (χ0v) is 11.4. The van der Waals surface area contributed by atoms with Crippen LogP contribution in [0.2, 0.25) is 0 Å². The fraction of sp³-hybridized carbons (Fsp3) is 0.267. The second kappa shape index (κ2) is 4.24. The van der Waals surface area contributed by atoms with Gasteiger partial charge in [-0.1, -0.05) is 6.07 Å². The number of hydrogen-bond donors (Lipinski definition) is 1. The van der Waals surface area contributed by atoms with Crippen LogP contribution in [0.4, 0.5) is 0 Å². The van der Waals surface area contributed by atoms with Gasteiger partial charge >= 0.3 is 0 Å². The Kier molecular flexibility index (Phi) is 2.68. The molecule has 2 heterocycles. The number of aromatic nitrogens is 2. The van der Waals surface area contributed by atoms with Crippen LogP contribution in [0.3, 0.4) is 0 Å². The van der Waals surface area contributed by atoms with Crippen molar-refractivity contribution in [2.24, 2.45) is 12.8 Å². The maximum atomic E-state index is 5.69. The number of furan rings is 1. The summed E-state index contributed by atoms with van der Waals surface area (Å²) < 4.78 is 7.68. The Morgan fingerprint density at radius 1 is 1.26 bits per heavy atom. The van der Waals surface area contributed by atoms with Crippen LogP contribution in [0.15, 0.2) is 28.7 Å². The monoisotopic (exact) mass is 255 g/mol. The van der Waals surface area contributed by atoms with Gasteiger partial charge in [-0.3, -0.25) is 0 Å². The minimum atomic E-state index is 0.542. The third-order valence-corrected chi connectivity index (χ3v) is 3.46. The Morgan fingerprint density at radius 2 is 2.05 bits per heavy atom. The molecule has 98 valence electrons. The summed E-state index contributed by atoms with van der Waals surface area (Å²) in [6.07, 6.45) is 0. The van der Waals surface area contributed by atoms with E-state index < -0.39 is 0 Å². The lowest BCUT2D eigenvalue weighted by atomic mass is 10.2. The van der Waals surface area contributed by atoms with E-state index in [1.807, 2.05) is 39.1 Å². The van der Waals surface area contributed by atoms with Crippen molar-refractivity contribution in [3.63, 3.8) is 0 Å². The molecule has 0 saturated carbocycles. The highest BCUT2D eigenvalue weighted by atomic mass is 16.3. The number of nitrogens with zero attached hydrogens (tertiary/aromatic N) is 2. The van der Waals surface area contributed by atoms with Crippen molar-refractivity contribution in [1.82, 2.24) is 9.55 Å². The first kappa shape index (κ1) is 12.0. The number of imidazole rings is 1. The number of hydrogen-bond acceptors (Lipinski definition) is 3. The first-order valence-corrected chi connectivity index (χ1v) is 6.33. The normalized spacial score (nSPS) is 11.4. The summed E-state index contributed by atoms with van der Waals surface area (Å²) in [7, 11) is 2.02. The predicted octanol–water partition coefficient (Wildman–Crippen LogP) is 2.91. The molecular weight excluding hydrogens is 238 g/mol. The lowest BCUT2D eigenvalue weighted by Gasteiger charge is -2.01. The van der Waals surface area contributed by atoms with Gasteiger partial charge in [-0.05, 0) is 37.6 Å². The van der Waals surface area contributed by atoms with Gasteiger partial charge in [0.1, 0.15) is 17.3 Å². The molecule has 0 fully saturated rings. The summed E-state index contributed by atoms with van der Waals surface area (Å²) in [5.41, 5.74) is 9.92. The SMILES string of the molecule is Cc1cc(-c2nc3ccc(CN)cc3n2C)c(C)o1. The van der Waals surface area contributed by atoms with Crippen LogP contribution < -0.4 is 5.73 Å². The third-order valence-electron chi connectivity index (χ3n) is 3.46. The van der Waals surface area contributed by atoms with Crippen LogP contribution in [0, 0.1) is 13.8 Å². The molecule has 0 aliphatic heterocycles. The number of nitrogens with two attached hydrogens (primary N) is 1. The summed E-state index contributed by atoms with van der Waals surface area (Å²) in [6, 6.07) is 8.16. The molecule has 3 rings (SSSR count). The molecule has 3 aromatic rings. The van der Waals surface area contributed by atoms with E-state index in [2.05, 4.69) is 10.6 Å². The maximum Gasteiger partial charge on any atom is 0.144 e. The van der Waals surface area contributed by atoms with E-state index in [-0.39, 0.29) is 0 Å². The Hall–Kier alpha value is -2.07. The maximum absolute atomic E-state index is 5.69. The number of fused-ring (bicyclic) bond motifs is 1. The lowest BCUT2D eigenvalue weighted by Crippen LogP contribution is -1.97. The van der Waals surface area contributed by atoms with Gasteiger partial charge in [0.05, 0.1) is 16.6 Å². The Morgan fingerprint density at radius 3 is 2.68 bits per heavy atom. The van der Waals surface area contributed by atoms with Crippen LogP contribution in [-0.2, 0) is 13.6 Å². The first-order valence-electron chi connectivity index (χ1n) is 6.33. The number of aryl methyl sites for hydroxylation is 3. The molecule has 0 radical (unpaired) electrons. The van der Waals surface area contributed by atoms with Crippen molar-refractivity contribution in [3.8, 4) is 11.4 Å². The van der Waals surface area contributed by atoms with E-state index in [0.717, 1.165) is 39.5 Å². The van der Waals surface area contributed by atoms with Gasteiger partial charge in [-0.15, -0.1) is 0 Å². The molecule has 0 atom stereocenters. The summed E-state index contributed by atoms with van der Waals surface area (Å²) in [5.74, 6) is 2.73. The molecule has 0 amide bonds. The van der Waals surface area contributed by atoms with Crippen molar-refractivity contribution < 1.29 is 4.42 Å². The molecule has 2 aromatic heterocycles. The summed E-state index contributed by atoms with van der Waals surface area (Å²) in [5, 5.41) is 0. The van der Waals surface area contributed by atoms with Crippen molar-refractivity contribution >= 4 is 11.0 Å². The standard InChI is InChI=1S/C15H17N3O/c1-9-6-12(10(2)19-9)15-17-13-5-4-11(8-16)7-14(13)18(15)3/h4-7H,8,16H2,1-3H3. The van der Waals surface area contributed by atoms with Crippen molar-refractivity contribution in [2.75, 3.05) is 0 Å². The molecule has 1 aromatic carbocycles. The van der Waals surface area contributed by atoms with Crippen LogP contribution in [0.1, 0.15) is 17.1 Å². The van der Waals surface area contributed by atoms with Gasteiger partial charge in [0.2, 0.25) is 0 Å². The van der Waals surface area contributed by atoms with E-state index in [1.165, 1.54) is 0 Å². The molecule has 0 unspecified atom stereocenters. The second-order valence-electron chi connectivity index (χ2n) is 4.85. The minimum absolute atomic E-state index is 0.542. The highest BCUT2D eigenvalue weighted by molar-refractivity contribution is 5.81. The summed E-state index contributed by atoms with van der Waals surface area (Å²) >= 11 is 0. The Labute approximate surface area is 111 Å². The average Bonchev–Trinajstić information content (AvgIpc) is 2.89. The van der Waals surface area contributed by atoms with E-state index in [9.17, 15) is 0 Å². The highest BCUT2D eigenvalue weighted by Crippen LogP contribution is 2.28. The summed E-state index contributed by atoms with van der Waals surface area (Å²) in [4.78, 5) is 4.69. The highest BCUT2D eigenvalue weighted by Gasteiger charge is 2.15. The van der Waals surface area contributed by atoms with Crippen LogP contribution in [0.25, 0.3) is 22.4 Å². The predicted molar refractivity (Wildman–Crippen MR) is 75.8 cm³/mol. The quantitative estimate of drug-likeness (QED) is 0.766. The number of benzene rings is 1. The zero-order valence-electron chi connectivity index (χ0n) is 11.4. The van der Waals surface area contributed by atoms with E-state index in [4.69, 9.17) is 15.1 Å². The van der Waals surface area contributed by atoms with Gasteiger partial charge in [-0.25, -0.2) is 4.98 Å². The molecule has 0 aliphatic carbocycles. The fourth-order valence-electron chi connectivity index (χ4n) is 2.46. The molecule has 0 bridgehead atoms. The van der Waals surface area contributed by atoms with Crippen LogP contribution in [0.5, 0.6) is 0 Å². The van der Waals surface area contributed by atoms with Gasteiger partial charge in [-0.2, -0.15) is 0 Å².